The van der Waals surface area contributed by atoms with Crippen molar-refractivity contribution in [1.29, 1.82) is 0 Å². The zero-order chi connectivity index (χ0) is 59.9. The largest absolute Gasteiger partial charge is 0.508 e. The number of benzene rings is 8. The maximum atomic E-state index is 12.4. The lowest BCUT2D eigenvalue weighted by atomic mass is 9.90. The molecule has 1 unspecified atom stereocenters. The number of para-hydroxylation sites is 1. The SMILES string of the molecule is O=S(=O)(Cl)c1ccccc1.O=S(Oc1ccccc1)Oc1ccc(-c2nc(-c3ccc4c(c3)CCCC4)nc(-c3ccc4c(c3)CCCC4)n2)c(O)c1.Oc1ccc(-c2nc(-c3ccc4c(c3)CCCC4)nc(-c3ccc4c(c3)CCCC4)n2)c(O)c1. The van der Waals surface area contributed by atoms with E-state index in [9.17, 15) is 27.9 Å². The van der Waals surface area contributed by atoms with Gasteiger partial charge in [-0.25, -0.2) is 38.3 Å². The number of aromatic hydroxyl groups is 3. The molecule has 3 N–H and O–H groups in total. The van der Waals surface area contributed by atoms with Gasteiger partial charge in [0.25, 0.3) is 9.05 Å². The minimum Gasteiger partial charge on any atom is -0.508 e. The van der Waals surface area contributed by atoms with Crippen LogP contribution in [0.15, 0.2) is 175 Å². The molecule has 10 aromatic rings. The van der Waals surface area contributed by atoms with Crippen LogP contribution in [0.3, 0.4) is 0 Å². The maximum absolute atomic E-state index is 12.4. The Morgan fingerprint density at radius 2 is 0.690 bits per heavy atom. The fraction of sp³-hybridized carbons (Fsp3) is 0.229. The van der Waals surface area contributed by atoms with Crippen molar-refractivity contribution in [1.82, 2.24) is 29.9 Å². The molecular formula is C70H63ClN6O8S2. The summed E-state index contributed by atoms with van der Waals surface area (Å²) in [5, 5.41) is 31.4. The number of aryl methyl sites for hydroxylation is 8. The molecule has 2 heterocycles. The van der Waals surface area contributed by atoms with E-state index in [1.807, 2.05) is 6.07 Å². The van der Waals surface area contributed by atoms with E-state index in [0.29, 0.717) is 51.8 Å². The van der Waals surface area contributed by atoms with E-state index in [-0.39, 0.29) is 27.9 Å². The first kappa shape index (κ1) is 58.5. The zero-order valence-electron chi connectivity index (χ0n) is 47.7. The van der Waals surface area contributed by atoms with Gasteiger partial charge in [0.15, 0.2) is 34.9 Å². The molecule has 4 aliphatic carbocycles. The molecule has 0 saturated heterocycles. The number of hydrogen-bond acceptors (Lipinski definition) is 14. The molecule has 0 radical (unpaired) electrons. The lowest BCUT2D eigenvalue weighted by Crippen LogP contribution is -2.08. The summed E-state index contributed by atoms with van der Waals surface area (Å²) >= 11 is -2.09. The van der Waals surface area contributed by atoms with Crippen LogP contribution in [-0.2, 0) is 71.8 Å². The van der Waals surface area contributed by atoms with Gasteiger partial charge >= 0.3 is 11.4 Å². The van der Waals surface area contributed by atoms with Crippen molar-refractivity contribution in [2.75, 3.05) is 0 Å². The Balaban J connectivity index is 0.000000149. The number of phenolic OH excluding ortho intramolecular Hbond substituents is 3. The molecule has 0 amide bonds. The lowest BCUT2D eigenvalue weighted by Gasteiger charge is -2.18. The fourth-order valence-electron chi connectivity index (χ4n) is 11.7. The standard InChI is InChI=1S/C35H31N3O4S.C29H27N3O2.C6H5ClO2S/c39-32-22-30(42-43(40)41-29-12-2-1-3-13-29)18-19-31(32)35-37-33(27-16-14-23-8-4-6-10-25(23)20-27)36-34(38-35)28-17-15-24-9-5-7-11-26(24)21-28;33-24-13-14-25(26(34)17-24)29-31-27(22-11-9-18-5-1-3-7-20(18)15-22)30-28(32-29)23-12-10-19-6-2-4-8-21(19)16-23;7-10(8,9)6-4-2-1-3-5-6/h1-3,12-22,39H,4-11H2;9-17,33-34H,1-8H2;1-5H. The highest BCUT2D eigenvalue weighted by Gasteiger charge is 2.22. The summed E-state index contributed by atoms with van der Waals surface area (Å²) in [6, 6.07) is 51.7. The topological polar surface area (TPSA) is 208 Å². The number of nitrogens with zero attached hydrogens (tertiary/aromatic N) is 6. The highest BCUT2D eigenvalue weighted by Crippen LogP contribution is 2.37. The molecule has 0 spiro atoms. The molecule has 4 aliphatic rings. The summed E-state index contributed by atoms with van der Waals surface area (Å²) in [6.45, 7) is 0. The smallest absolute Gasteiger partial charge is 0.417 e. The van der Waals surface area contributed by atoms with Crippen molar-refractivity contribution in [3.63, 3.8) is 0 Å². The number of halogens is 1. The third kappa shape index (κ3) is 14.2. The van der Waals surface area contributed by atoms with Crippen molar-refractivity contribution in [2.24, 2.45) is 0 Å². The van der Waals surface area contributed by atoms with Gasteiger partial charge in [0.05, 0.1) is 16.0 Å². The number of hydrogen-bond donors (Lipinski definition) is 3. The Morgan fingerprint density at radius 1 is 0.356 bits per heavy atom. The second kappa shape index (κ2) is 26.4. The third-order valence-electron chi connectivity index (χ3n) is 16.2. The predicted octanol–water partition coefficient (Wildman–Crippen LogP) is 15.0. The summed E-state index contributed by atoms with van der Waals surface area (Å²) in [6.07, 6.45) is 18.4. The van der Waals surface area contributed by atoms with Crippen LogP contribution in [0.4, 0.5) is 0 Å². The highest BCUT2D eigenvalue weighted by atomic mass is 35.7. The number of aromatic nitrogens is 6. The van der Waals surface area contributed by atoms with E-state index in [1.54, 1.807) is 60.7 Å². The summed E-state index contributed by atoms with van der Waals surface area (Å²) in [5.74, 6) is 3.50. The van der Waals surface area contributed by atoms with Crippen LogP contribution >= 0.6 is 10.7 Å². The van der Waals surface area contributed by atoms with E-state index < -0.39 is 20.4 Å². The Bertz CT molecular complexity index is 4150. The van der Waals surface area contributed by atoms with Crippen LogP contribution in [0.5, 0.6) is 28.7 Å². The molecule has 0 aliphatic heterocycles. The van der Waals surface area contributed by atoms with Crippen molar-refractivity contribution in [3.05, 3.63) is 214 Å². The van der Waals surface area contributed by atoms with Gasteiger partial charge in [0, 0.05) is 45.1 Å². The van der Waals surface area contributed by atoms with E-state index in [0.717, 1.165) is 73.6 Å². The summed E-state index contributed by atoms with van der Waals surface area (Å²) < 4.78 is 44.3. The Hall–Kier alpha value is -8.83. The molecule has 17 heteroatoms. The van der Waals surface area contributed by atoms with Gasteiger partial charge in [-0.3, -0.25) is 0 Å². The van der Waals surface area contributed by atoms with Gasteiger partial charge in [0.1, 0.15) is 28.7 Å². The normalized spacial score (nSPS) is 14.4. The van der Waals surface area contributed by atoms with Crippen LogP contribution in [0, 0.1) is 0 Å². The summed E-state index contributed by atoms with van der Waals surface area (Å²) in [7, 11) is 1.50. The van der Waals surface area contributed by atoms with E-state index in [2.05, 4.69) is 72.8 Å². The van der Waals surface area contributed by atoms with E-state index in [4.69, 9.17) is 49.0 Å². The van der Waals surface area contributed by atoms with Crippen LogP contribution < -0.4 is 8.37 Å². The van der Waals surface area contributed by atoms with Crippen molar-refractivity contribution in [2.45, 2.75) is 108 Å². The molecule has 14 nitrogen and oxygen atoms in total. The minimum absolute atomic E-state index is 0.000118. The molecule has 0 bridgehead atoms. The zero-order valence-corrected chi connectivity index (χ0v) is 50.1. The van der Waals surface area contributed by atoms with Crippen molar-refractivity contribution < 1.29 is 36.3 Å². The Kier molecular flexibility index (Phi) is 17.8. The predicted molar refractivity (Wildman–Crippen MR) is 339 cm³/mol. The Labute approximate surface area is 513 Å². The Morgan fingerprint density at radius 3 is 1.05 bits per heavy atom. The number of rotatable bonds is 11. The fourth-order valence-corrected chi connectivity index (χ4v) is 13.0. The van der Waals surface area contributed by atoms with Crippen LogP contribution in [0.2, 0.25) is 0 Å². The lowest BCUT2D eigenvalue weighted by molar-refractivity contribution is 0.450. The van der Waals surface area contributed by atoms with Gasteiger partial charge < -0.3 is 23.7 Å². The van der Waals surface area contributed by atoms with Crippen LogP contribution in [0.25, 0.3) is 68.3 Å². The second-order valence-corrected chi connectivity index (χ2v) is 25.5. The van der Waals surface area contributed by atoms with Gasteiger partial charge in [-0.2, -0.15) is 4.21 Å². The quantitative estimate of drug-likeness (QED) is 0.103. The monoisotopic (exact) mass is 1210 g/mol. The van der Waals surface area contributed by atoms with Gasteiger partial charge in [0.2, 0.25) is 0 Å². The number of fused-ring (bicyclic) bond motifs is 4. The van der Waals surface area contributed by atoms with E-state index in [1.165, 1.54) is 126 Å². The van der Waals surface area contributed by atoms with Crippen molar-refractivity contribution >= 4 is 31.1 Å². The average Bonchev–Trinajstić information content (AvgIpc) is 3.43. The molecule has 0 fully saturated rings. The maximum Gasteiger partial charge on any atom is 0.417 e. The highest BCUT2D eigenvalue weighted by molar-refractivity contribution is 8.13. The minimum atomic E-state index is -3.53. The summed E-state index contributed by atoms with van der Waals surface area (Å²) in [4.78, 5) is 29.2. The van der Waals surface area contributed by atoms with Crippen molar-refractivity contribution in [3.8, 4) is 97.1 Å². The van der Waals surface area contributed by atoms with Gasteiger partial charge in [-0.15, -0.1) is 0 Å². The molecule has 2 aromatic heterocycles. The van der Waals surface area contributed by atoms with Gasteiger partial charge in [-0.05, 0) is 220 Å². The molecule has 87 heavy (non-hydrogen) atoms. The molecule has 1 atom stereocenters. The first-order valence-corrected chi connectivity index (χ1v) is 32.8. The first-order valence-electron chi connectivity index (χ1n) is 29.5. The molecule has 14 rings (SSSR count). The molecule has 0 saturated carbocycles. The average molecular weight is 1220 g/mol. The first-order chi connectivity index (χ1) is 42.3. The third-order valence-corrected chi connectivity index (χ3v) is 18.3. The number of phenols is 3. The molecular weight excluding hydrogens is 1150 g/mol. The van der Waals surface area contributed by atoms with Gasteiger partial charge in [-0.1, -0.05) is 84.9 Å². The second-order valence-electron chi connectivity index (χ2n) is 22.2. The van der Waals surface area contributed by atoms with Crippen LogP contribution in [-0.4, -0.2) is 57.9 Å². The molecule has 440 valence electrons. The summed E-state index contributed by atoms with van der Waals surface area (Å²) in [5.41, 5.74) is 15.7. The van der Waals surface area contributed by atoms with E-state index >= 15 is 0 Å². The molecule has 8 aromatic carbocycles. The van der Waals surface area contributed by atoms with Crippen LogP contribution in [0.1, 0.15) is 95.9 Å².